The van der Waals surface area contributed by atoms with Crippen LogP contribution in [0.3, 0.4) is 0 Å². The molecule has 1 heterocycles. The van der Waals surface area contributed by atoms with Crippen molar-refractivity contribution >= 4 is 23.1 Å². The Labute approximate surface area is 102 Å². The highest BCUT2D eigenvalue weighted by atomic mass is 32.1. The van der Waals surface area contributed by atoms with Gasteiger partial charge in [0.1, 0.15) is 5.41 Å². The van der Waals surface area contributed by atoms with Gasteiger partial charge in [-0.25, -0.2) is 0 Å². The summed E-state index contributed by atoms with van der Waals surface area (Å²) >= 11 is 5.08. The van der Waals surface area contributed by atoms with Crippen LogP contribution in [-0.4, -0.2) is 42.1 Å². The van der Waals surface area contributed by atoms with Gasteiger partial charge in [0, 0.05) is 26.3 Å². The molecule has 0 aliphatic carbocycles. The molecular formula is C11H20N2O2S. The smallest absolute Gasteiger partial charge is 0.235 e. The van der Waals surface area contributed by atoms with Crippen molar-refractivity contribution < 1.29 is 9.53 Å². The first-order valence-electron chi connectivity index (χ1n) is 5.57. The molecule has 0 aromatic heterocycles. The predicted molar refractivity (Wildman–Crippen MR) is 67.2 cm³/mol. The van der Waals surface area contributed by atoms with E-state index in [4.69, 9.17) is 22.7 Å². The van der Waals surface area contributed by atoms with Crippen molar-refractivity contribution in [3.63, 3.8) is 0 Å². The Balaban J connectivity index is 2.93. The fourth-order valence-corrected chi connectivity index (χ4v) is 2.15. The van der Waals surface area contributed by atoms with Crippen molar-refractivity contribution in [2.24, 2.45) is 11.1 Å². The quantitative estimate of drug-likeness (QED) is 0.751. The van der Waals surface area contributed by atoms with Gasteiger partial charge in [-0.3, -0.25) is 4.79 Å². The maximum Gasteiger partial charge on any atom is 0.235 e. The summed E-state index contributed by atoms with van der Waals surface area (Å²) in [6.45, 7) is 5.05. The molecule has 2 N–H and O–H groups in total. The van der Waals surface area contributed by atoms with E-state index >= 15 is 0 Å². The highest BCUT2D eigenvalue weighted by Crippen LogP contribution is 2.33. The second kappa shape index (κ2) is 5.10. The molecule has 1 amide bonds. The molecule has 0 aromatic carbocycles. The number of nitrogens with two attached hydrogens (primary N) is 1. The Kier molecular flexibility index (Phi) is 4.27. The molecule has 0 spiro atoms. The van der Waals surface area contributed by atoms with E-state index < -0.39 is 5.41 Å². The zero-order valence-electron chi connectivity index (χ0n) is 10.2. The minimum absolute atomic E-state index is 0.0262. The van der Waals surface area contributed by atoms with Crippen LogP contribution >= 0.6 is 12.2 Å². The molecule has 5 heteroatoms. The van der Waals surface area contributed by atoms with E-state index in [9.17, 15) is 4.79 Å². The highest BCUT2D eigenvalue weighted by Gasteiger charge is 2.44. The molecule has 1 rings (SSSR count). The lowest BCUT2D eigenvalue weighted by molar-refractivity contribution is -0.142. The molecule has 4 nitrogen and oxygen atoms in total. The van der Waals surface area contributed by atoms with Crippen molar-refractivity contribution in [3.8, 4) is 0 Å². The first-order valence-corrected chi connectivity index (χ1v) is 5.97. The van der Waals surface area contributed by atoms with Gasteiger partial charge in [-0.05, 0) is 26.7 Å². The predicted octanol–water partition coefficient (Wildman–Crippen LogP) is 0.936. The van der Waals surface area contributed by atoms with E-state index in [1.165, 1.54) is 0 Å². The lowest BCUT2D eigenvalue weighted by Crippen LogP contribution is -2.53. The molecule has 92 valence electrons. The second-order valence-electron chi connectivity index (χ2n) is 4.57. The Hall–Kier alpha value is -0.680. The van der Waals surface area contributed by atoms with Gasteiger partial charge in [-0.1, -0.05) is 12.2 Å². The van der Waals surface area contributed by atoms with Crippen molar-refractivity contribution in [2.45, 2.75) is 32.7 Å². The summed E-state index contributed by atoms with van der Waals surface area (Å²) in [7, 11) is 1.79. The molecule has 0 unspecified atom stereocenters. The molecule has 1 aliphatic rings. The fraction of sp³-hybridized carbons (Fsp3) is 0.818. The zero-order valence-corrected chi connectivity index (χ0v) is 11.0. The molecular weight excluding hydrogens is 224 g/mol. The number of nitrogens with zero attached hydrogens (tertiary/aromatic N) is 1. The zero-order chi connectivity index (χ0) is 12.3. The van der Waals surface area contributed by atoms with Crippen LogP contribution in [0.25, 0.3) is 0 Å². The molecule has 1 saturated heterocycles. The van der Waals surface area contributed by atoms with Gasteiger partial charge in [0.2, 0.25) is 5.91 Å². The van der Waals surface area contributed by atoms with E-state index in [-0.39, 0.29) is 11.9 Å². The molecule has 0 radical (unpaired) electrons. The number of rotatable bonds is 3. The van der Waals surface area contributed by atoms with Gasteiger partial charge in [-0.15, -0.1) is 0 Å². The Bertz CT molecular complexity index is 286. The number of thiocarbonyl (C=S) groups is 1. The SMILES string of the molecule is CC(C)N(C)C(=O)C1(C(N)=S)CCOCC1. The maximum atomic E-state index is 12.4. The minimum Gasteiger partial charge on any atom is -0.392 e. The van der Waals surface area contributed by atoms with E-state index in [1.54, 1.807) is 11.9 Å². The Morgan fingerprint density at radius 2 is 1.94 bits per heavy atom. The minimum atomic E-state index is -0.688. The summed E-state index contributed by atoms with van der Waals surface area (Å²) in [5.41, 5.74) is 5.08. The Morgan fingerprint density at radius 3 is 2.31 bits per heavy atom. The number of hydrogen-bond donors (Lipinski definition) is 1. The average Bonchev–Trinajstić information content (AvgIpc) is 2.27. The number of carbonyl (C=O) groups excluding carboxylic acids is 1. The maximum absolute atomic E-state index is 12.4. The lowest BCUT2D eigenvalue weighted by atomic mass is 9.78. The third-order valence-corrected chi connectivity index (χ3v) is 3.71. The molecule has 0 aromatic rings. The third kappa shape index (κ3) is 2.35. The molecule has 16 heavy (non-hydrogen) atoms. The molecule has 0 atom stereocenters. The van der Waals surface area contributed by atoms with Crippen molar-refractivity contribution in [1.29, 1.82) is 0 Å². The lowest BCUT2D eigenvalue weighted by Gasteiger charge is -2.38. The van der Waals surface area contributed by atoms with Crippen LogP contribution in [0.1, 0.15) is 26.7 Å². The summed E-state index contributed by atoms with van der Waals surface area (Å²) < 4.78 is 5.28. The van der Waals surface area contributed by atoms with Crippen LogP contribution in [0, 0.1) is 5.41 Å². The molecule has 1 fully saturated rings. The van der Waals surface area contributed by atoms with Crippen LogP contribution in [0.2, 0.25) is 0 Å². The fourth-order valence-electron chi connectivity index (χ4n) is 1.86. The van der Waals surface area contributed by atoms with E-state index in [1.807, 2.05) is 13.8 Å². The molecule has 0 bridgehead atoms. The number of ether oxygens (including phenoxy) is 1. The van der Waals surface area contributed by atoms with E-state index in [0.29, 0.717) is 31.0 Å². The van der Waals surface area contributed by atoms with Crippen molar-refractivity contribution in [1.82, 2.24) is 4.90 Å². The molecule has 1 aliphatic heterocycles. The number of hydrogen-bond acceptors (Lipinski definition) is 3. The first-order chi connectivity index (χ1) is 7.42. The Morgan fingerprint density at radius 1 is 1.44 bits per heavy atom. The van der Waals surface area contributed by atoms with Crippen LogP contribution < -0.4 is 5.73 Å². The van der Waals surface area contributed by atoms with Gasteiger partial charge in [-0.2, -0.15) is 0 Å². The average molecular weight is 244 g/mol. The summed E-state index contributed by atoms with van der Waals surface area (Å²) in [4.78, 5) is 14.4. The van der Waals surface area contributed by atoms with Gasteiger partial charge in [0.15, 0.2) is 0 Å². The monoisotopic (exact) mass is 244 g/mol. The first kappa shape index (κ1) is 13.4. The van der Waals surface area contributed by atoms with Crippen LogP contribution in [-0.2, 0) is 9.53 Å². The number of carbonyl (C=O) groups is 1. The summed E-state index contributed by atoms with van der Waals surface area (Å²) in [5.74, 6) is 0.0262. The van der Waals surface area contributed by atoms with Gasteiger partial charge >= 0.3 is 0 Å². The van der Waals surface area contributed by atoms with Crippen LogP contribution in [0.5, 0.6) is 0 Å². The van der Waals surface area contributed by atoms with Gasteiger partial charge in [0.05, 0.1) is 4.99 Å². The molecule has 0 saturated carbocycles. The highest BCUT2D eigenvalue weighted by molar-refractivity contribution is 7.80. The van der Waals surface area contributed by atoms with Gasteiger partial charge in [0.25, 0.3) is 0 Å². The normalized spacial score (nSPS) is 19.5. The summed E-state index contributed by atoms with van der Waals surface area (Å²) in [6, 6.07) is 0.154. The standard InChI is InChI=1S/C11H20N2O2S/c1-8(2)13(3)10(14)11(9(12)16)4-6-15-7-5-11/h8H,4-7H2,1-3H3,(H2,12,16). The van der Waals surface area contributed by atoms with Crippen molar-refractivity contribution in [2.75, 3.05) is 20.3 Å². The number of amides is 1. The van der Waals surface area contributed by atoms with Gasteiger partial charge < -0.3 is 15.4 Å². The van der Waals surface area contributed by atoms with E-state index in [2.05, 4.69) is 0 Å². The summed E-state index contributed by atoms with van der Waals surface area (Å²) in [6.07, 6.45) is 1.19. The van der Waals surface area contributed by atoms with Crippen molar-refractivity contribution in [3.05, 3.63) is 0 Å². The third-order valence-electron chi connectivity index (χ3n) is 3.32. The topological polar surface area (TPSA) is 55.6 Å². The largest absolute Gasteiger partial charge is 0.392 e. The second-order valence-corrected chi connectivity index (χ2v) is 5.01. The van der Waals surface area contributed by atoms with Crippen LogP contribution in [0.4, 0.5) is 0 Å². The van der Waals surface area contributed by atoms with E-state index in [0.717, 1.165) is 0 Å². The summed E-state index contributed by atoms with van der Waals surface area (Å²) in [5, 5.41) is 0. The van der Waals surface area contributed by atoms with Crippen LogP contribution in [0.15, 0.2) is 0 Å².